The molecule has 1 aliphatic carbocycles. The molecule has 0 aromatic rings. The molecule has 0 bridgehead atoms. The second-order valence-corrected chi connectivity index (χ2v) is 5.01. The molecular formula is C11H20BrNO. The summed E-state index contributed by atoms with van der Waals surface area (Å²) in [6, 6.07) is 0. The molecule has 1 amide bonds. The molecule has 1 rings (SSSR count). The number of hydrogen-bond acceptors (Lipinski definition) is 1. The van der Waals surface area contributed by atoms with Gasteiger partial charge in [0.15, 0.2) is 0 Å². The third-order valence-corrected chi connectivity index (χ3v) is 3.39. The van der Waals surface area contributed by atoms with E-state index in [1.54, 1.807) is 0 Å². The van der Waals surface area contributed by atoms with Crippen LogP contribution in [0.5, 0.6) is 0 Å². The van der Waals surface area contributed by atoms with E-state index in [2.05, 4.69) is 15.9 Å². The Morgan fingerprint density at radius 1 is 1.36 bits per heavy atom. The van der Waals surface area contributed by atoms with E-state index in [4.69, 9.17) is 0 Å². The normalized spacial score (nSPS) is 18.1. The third kappa shape index (κ3) is 3.99. The van der Waals surface area contributed by atoms with Crippen molar-refractivity contribution in [3.05, 3.63) is 0 Å². The van der Waals surface area contributed by atoms with Gasteiger partial charge in [-0.1, -0.05) is 35.2 Å². The summed E-state index contributed by atoms with van der Waals surface area (Å²) in [6.45, 7) is 0.964. The minimum absolute atomic E-state index is 0.271. The van der Waals surface area contributed by atoms with Gasteiger partial charge in [0.05, 0.1) is 0 Å². The summed E-state index contributed by atoms with van der Waals surface area (Å²) in [6.07, 6.45) is 7.34. The molecule has 14 heavy (non-hydrogen) atoms. The lowest BCUT2D eigenvalue weighted by Gasteiger charge is -2.26. The van der Waals surface area contributed by atoms with E-state index in [1.165, 1.54) is 32.1 Å². The summed E-state index contributed by atoms with van der Waals surface area (Å²) < 4.78 is 0. The van der Waals surface area contributed by atoms with Crippen molar-refractivity contribution < 1.29 is 4.79 Å². The number of alkyl halides is 1. The average Bonchev–Trinajstić information content (AvgIpc) is 2.19. The largest absolute Gasteiger partial charge is 0.345 e. The first-order valence-corrected chi connectivity index (χ1v) is 6.66. The highest BCUT2D eigenvalue weighted by atomic mass is 79.9. The number of carbonyl (C=O) groups excluding carboxylic acids is 1. The Kier molecular flexibility index (Phi) is 5.53. The Hall–Kier alpha value is -0.0500. The smallest absolute Gasteiger partial charge is 0.223 e. The highest BCUT2D eigenvalue weighted by Crippen LogP contribution is 2.24. The molecule has 0 heterocycles. The van der Waals surface area contributed by atoms with Crippen molar-refractivity contribution in [1.29, 1.82) is 0 Å². The SMILES string of the molecule is CN(CC1CCCCC1)C(=O)CCBr. The van der Waals surface area contributed by atoms with Crippen LogP contribution in [0.25, 0.3) is 0 Å². The van der Waals surface area contributed by atoms with Crippen LogP contribution >= 0.6 is 15.9 Å². The fourth-order valence-electron chi connectivity index (χ4n) is 2.13. The van der Waals surface area contributed by atoms with Crippen LogP contribution in [-0.2, 0) is 4.79 Å². The lowest BCUT2D eigenvalue weighted by molar-refractivity contribution is -0.130. The predicted molar refractivity (Wildman–Crippen MR) is 62.6 cm³/mol. The first-order chi connectivity index (χ1) is 6.74. The summed E-state index contributed by atoms with van der Waals surface area (Å²) in [4.78, 5) is 13.4. The molecule has 0 N–H and O–H groups in total. The van der Waals surface area contributed by atoms with E-state index in [9.17, 15) is 4.79 Å². The second-order valence-electron chi connectivity index (χ2n) is 4.22. The van der Waals surface area contributed by atoms with Crippen molar-refractivity contribution in [1.82, 2.24) is 4.90 Å². The highest BCUT2D eigenvalue weighted by molar-refractivity contribution is 9.09. The van der Waals surface area contributed by atoms with Gasteiger partial charge in [-0.25, -0.2) is 0 Å². The Balaban J connectivity index is 2.24. The lowest BCUT2D eigenvalue weighted by atomic mass is 9.89. The zero-order valence-corrected chi connectivity index (χ0v) is 10.6. The van der Waals surface area contributed by atoms with Crippen molar-refractivity contribution in [3.8, 4) is 0 Å². The number of rotatable bonds is 4. The molecule has 0 spiro atoms. The van der Waals surface area contributed by atoms with Crippen LogP contribution in [0.2, 0.25) is 0 Å². The summed E-state index contributed by atoms with van der Waals surface area (Å²) in [7, 11) is 1.93. The number of halogens is 1. The van der Waals surface area contributed by atoms with E-state index >= 15 is 0 Å². The molecule has 0 aromatic carbocycles. The Morgan fingerprint density at radius 2 is 2.00 bits per heavy atom. The van der Waals surface area contributed by atoms with E-state index in [0.717, 1.165) is 17.8 Å². The van der Waals surface area contributed by atoms with Gasteiger partial charge in [0.2, 0.25) is 5.91 Å². The van der Waals surface area contributed by atoms with E-state index in [-0.39, 0.29) is 5.91 Å². The van der Waals surface area contributed by atoms with E-state index < -0.39 is 0 Å². The van der Waals surface area contributed by atoms with Crippen LogP contribution < -0.4 is 0 Å². The highest BCUT2D eigenvalue weighted by Gasteiger charge is 2.17. The summed E-state index contributed by atoms with van der Waals surface area (Å²) >= 11 is 3.30. The molecule has 0 unspecified atom stereocenters. The zero-order valence-electron chi connectivity index (χ0n) is 8.97. The van der Waals surface area contributed by atoms with Crippen LogP contribution in [-0.4, -0.2) is 29.7 Å². The number of amides is 1. The number of carbonyl (C=O) groups is 1. The van der Waals surface area contributed by atoms with E-state index in [1.807, 2.05) is 11.9 Å². The minimum Gasteiger partial charge on any atom is -0.345 e. The predicted octanol–water partition coefficient (Wildman–Crippen LogP) is 2.81. The topological polar surface area (TPSA) is 20.3 Å². The van der Waals surface area contributed by atoms with Gasteiger partial charge in [-0.15, -0.1) is 0 Å². The molecule has 0 aliphatic heterocycles. The fraction of sp³-hybridized carbons (Fsp3) is 0.909. The maximum absolute atomic E-state index is 11.5. The van der Waals surface area contributed by atoms with Crippen molar-refractivity contribution in [2.75, 3.05) is 18.9 Å². The summed E-state index contributed by atoms with van der Waals surface area (Å²) in [5, 5.41) is 0.779. The van der Waals surface area contributed by atoms with Gasteiger partial charge in [0, 0.05) is 25.3 Å². The van der Waals surface area contributed by atoms with Gasteiger partial charge in [-0.3, -0.25) is 4.79 Å². The second kappa shape index (κ2) is 6.44. The van der Waals surface area contributed by atoms with Crippen LogP contribution in [0.3, 0.4) is 0 Å². The van der Waals surface area contributed by atoms with Gasteiger partial charge in [-0.05, 0) is 18.8 Å². The molecule has 2 nitrogen and oxygen atoms in total. The Bertz CT molecular complexity index is 178. The van der Waals surface area contributed by atoms with Crippen LogP contribution in [0.4, 0.5) is 0 Å². The molecule has 0 aromatic heterocycles. The van der Waals surface area contributed by atoms with Gasteiger partial charge in [0.25, 0.3) is 0 Å². The Labute approximate surface area is 95.2 Å². The summed E-state index contributed by atoms with van der Waals surface area (Å²) in [5.74, 6) is 1.03. The van der Waals surface area contributed by atoms with Crippen molar-refractivity contribution >= 4 is 21.8 Å². The van der Waals surface area contributed by atoms with Crippen molar-refractivity contribution in [2.24, 2.45) is 5.92 Å². The third-order valence-electron chi connectivity index (χ3n) is 2.99. The lowest BCUT2D eigenvalue weighted by Crippen LogP contribution is -2.32. The first-order valence-electron chi connectivity index (χ1n) is 5.54. The zero-order chi connectivity index (χ0) is 10.4. The summed E-state index contributed by atoms with van der Waals surface area (Å²) in [5.41, 5.74) is 0. The monoisotopic (exact) mass is 261 g/mol. The van der Waals surface area contributed by atoms with Crippen LogP contribution in [0.15, 0.2) is 0 Å². The van der Waals surface area contributed by atoms with Crippen molar-refractivity contribution in [3.63, 3.8) is 0 Å². The molecule has 0 atom stereocenters. The van der Waals surface area contributed by atoms with Gasteiger partial charge >= 0.3 is 0 Å². The van der Waals surface area contributed by atoms with Gasteiger partial charge in [-0.2, -0.15) is 0 Å². The van der Waals surface area contributed by atoms with E-state index in [0.29, 0.717) is 6.42 Å². The molecule has 1 aliphatic rings. The quantitative estimate of drug-likeness (QED) is 0.713. The molecule has 1 saturated carbocycles. The first kappa shape index (κ1) is 12.0. The molecular weight excluding hydrogens is 242 g/mol. The van der Waals surface area contributed by atoms with Gasteiger partial charge in [0.1, 0.15) is 0 Å². The van der Waals surface area contributed by atoms with Crippen LogP contribution in [0, 0.1) is 5.92 Å². The maximum atomic E-state index is 11.5. The Morgan fingerprint density at radius 3 is 2.57 bits per heavy atom. The molecule has 0 radical (unpaired) electrons. The fourth-order valence-corrected chi connectivity index (χ4v) is 2.47. The maximum Gasteiger partial charge on any atom is 0.223 e. The van der Waals surface area contributed by atoms with Crippen molar-refractivity contribution in [2.45, 2.75) is 38.5 Å². The van der Waals surface area contributed by atoms with Gasteiger partial charge < -0.3 is 4.90 Å². The average molecular weight is 262 g/mol. The molecule has 0 saturated heterocycles. The molecule has 3 heteroatoms. The molecule has 1 fully saturated rings. The number of nitrogens with zero attached hydrogens (tertiary/aromatic N) is 1. The number of hydrogen-bond donors (Lipinski definition) is 0. The minimum atomic E-state index is 0.271. The standard InChI is InChI=1S/C11H20BrNO/c1-13(11(14)7-8-12)9-10-5-3-2-4-6-10/h10H,2-9H2,1H3. The van der Waals surface area contributed by atoms with Crippen LogP contribution in [0.1, 0.15) is 38.5 Å². The molecule has 82 valence electrons.